The maximum Gasteiger partial charge on any atom is 0.417 e. The Morgan fingerprint density at radius 3 is 2.45 bits per heavy atom. The van der Waals surface area contributed by atoms with Crippen LogP contribution in [0.5, 0.6) is 11.5 Å². The minimum absolute atomic E-state index is 0.293. The van der Waals surface area contributed by atoms with Gasteiger partial charge in [-0.15, -0.1) is 0 Å². The van der Waals surface area contributed by atoms with Gasteiger partial charge in [0.05, 0.1) is 11.1 Å². The first-order valence-electron chi connectivity index (χ1n) is 10.1. The molecule has 2 aliphatic rings. The number of nitrogens with zero attached hydrogens (tertiary/aromatic N) is 2. The van der Waals surface area contributed by atoms with Crippen molar-refractivity contribution >= 4 is 21.8 Å². The molecule has 0 aliphatic carbocycles. The zero-order valence-electron chi connectivity index (χ0n) is 16.8. The number of halogens is 4. The Balaban J connectivity index is 1.44. The van der Waals surface area contributed by atoms with Crippen molar-refractivity contribution in [3.63, 3.8) is 0 Å². The number of ether oxygens (including phenoxy) is 2. The maximum absolute atomic E-state index is 13.3. The Kier molecular flexibility index (Phi) is 6.43. The number of carbonyl (C=O) groups is 1. The van der Waals surface area contributed by atoms with E-state index in [1.807, 2.05) is 12.1 Å². The molecule has 2 aromatic rings. The summed E-state index contributed by atoms with van der Waals surface area (Å²) in [6, 6.07) is 8.81. The summed E-state index contributed by atoms with van der Waals surface area (Å²) in [5.41, 5.74) is -0.147. The molecule has 166 valence electrons. The van der Waals surface area contributed by atoms with Crippen molar-refractivity contribution in [3.8, 4) is 11.5 Å². The van der Waals surface area contributed by atoms with Crippen LogP contribution >= 0.6 is 15.9 Å². The highest BCUT2D eigenvalue weighted by Crippen LogP contribution is 2.36. The van der Waals surface area contributed by atoms with E-state index in [2.05, 4.69) is 20.8 Å². The van der Waals surface area contributed by atoms with Gasteiger partial charge in [-0.3, -0.25) is 9.69 Å². The van der Waals surface area contributed by atoms with Crippen LogP contribution in [-0.2, 0) is 12.7 Å². The number of alkyl halides is 3. The SMILES string of the molecule is O=C(c1ccccc1C(F)(F)F)N1CCCN(Cc2cc3c(cc2Br)OCCO3)CC1. The lowest BCUT2D eigenvalue weighted by Crippen LogP contribution is -2.36. The first-order chi connectivity index (χ1) is 14.8. The van der Waals surface area contributed by atoms with E-state index < -0.39 is 17.6 Å². The minimum Gasteiger partial charge on any atom is -0.486 e. The summed E-state index contributed by atoms with van der Waals surface area (Å²) >= 11 is 3.58. The Morgan fingerprint density at radius 1 is 1.00 bits per heavy atom. The molecule has 2 aliphatic heterocycles. The van der Waals surface area contributed by atoms with E-state index >= 15 is 0 Å². The number of carbonyl (C=O) groups excluding carboxylic acids is 1. The van der Waals surface area contributed by atoms with Crippen molar-refractivity contribution in [2.45, 2.75) is 19.1 Å². The fourth-order valence-corrected chi connectivity index (χ4v) is 4.34. The number of hydrogen-bond acceptors (Lipinski definition) is 4. The maximum atomic E-state index is 13.3. The molecule has 0 atom stereocenters. The largest absolute Gasteiger partial charge is 0.486 e. The van der Waals surface area contributed by atoms with Gasteiger partial charge in [-0.1, -0.05) is 28.1 Å². The number of hydrogen-bond donors (Lipinski definition) is 0. The van der Waals surface area contributed by atoms with Crippen LogP contribution in [0.15, 0.2) is 40.9 Å². The standard InChI is InChI=1S/C22H22BrF3N2O3/c23-18-13-20-19(30-10-11-31-20)12-15(18)14-27-6-3-7-28(9-8-27)21(29)16-4-1-2-5-17(16)22(24,25)26/h1-2,4-5,12-13H,3,6-11,14H2. The summed E-state index contributed by atoms with van der Waals surface area (Å²) in [5, 5.41) is 0. The van der Waals surface area contributed by atoms with E-state index in [0.717, 1.165) is 22.6 Å². The van der Waals surface area contributed by atoms with Crippen LogP contribution < -0.4 is 9.47 Å². The highest BCUT2D eigenvalue weighted by Gasteiger charge is 2.36. The second-order valence-electron chi connectivity index (χ2n) is 7.55. The van der Waals surface area contributed by atoms with Gasteiger partial charge in [-0.2, -0.15) is 13.2 Å². The summed E-state index contributed by atoms with van der Waals surface area (Å²) in [7, 11) is 0. The van der Waals surface area contributed by atoms with Gasteiger partial charge in [0.1, 0.15) is 13.2 Å². The molecule has 1 fully saturated rings. The zero-order valence-corrected chi connectivity index (χ0v) is 18.3. The van der Waals surface area contributed by atoms with Crippen LogP contribution in [0, 0.1) is 0 Å². The van der Waals surface area contributed by atoms with Gasteiger partial charge < -0.3 is 14.4 Å². The quantitative estimate of drug-likeness (QED) is 0.620. The molecule has 0 saturated carbocycles. The van der Waals surface area contributed by atoms with Crippen LogP contribution in [0.4, 0.5) is 13.2 Å². The summed E-state index contributed by atoms with van der Waals surface area (Å²) < 4.78 is 52.1. The lowest BCUT2D eigenvalue weighted by Gasteiger charge is -2.24. The summed E-state index contributed by atoms with van der Waals surface area (Å²) in [6.07, 6.45) is -3.88. The van der Waals surface area contributed by atoms with Gasteiger partial charge in [-0.05, 0) is 36.2 Å². The molecule has 0 unspecified atom stereocenters. The van der Waals surface area contributed by atoms with Crippen LogP contribution in [0.2, 0.25) is 0 Å². The molecule has 1 amide bonds. The second-order valence-corrected chi connectivity index (χ2v) is 8.41. The average molecular weight is 499 g/mol. The van der Waals surface area contributed by atoms with Gasteiger partial charge in [-0.25, -0.2) is 0 Å². The Labute approximate surface area is 186 Å². The molecule has 5 nitrogen and oxygen atoms in total. The van der Waals surface area contributed by atoms with Crippen molar-refractivity contribution in [2.24, 2.45) is 0 Å². The molecule has 2 aromatic carbocycles. The molecule has 0 N–H and O–H groups in total. The van der Waals surface area contributed by atoms with Gasteiger partial charge in [0, 0.05) is 37.2 Å². The summed E-state index contributed by atoms with van der Waals surface area (Å²) in [6.45, 7) is 3.77. The normalized spacial score (nSPS) is 17.4. The summed E-state index contributed by atoms with van der Waals surface area (Å²) in [5.74, 6) is 0.841. The van der Waals surface area contributed by atoms with Crippen LogP contribution in [0.3, 0.4) is 0 Å². The van der Waals surface area contributed by atoms with Crippen LogP contribution in [0.1, 0.15) is 27.9 Å². The summed E-state index contributed by atoms with van der Waals surface area (Å²) in [4.78, 5) is 16.6. The highest BCUT2D eigenvalue weighted by molar-refractivity contribution is 9.10. The van der Waals surface area contributed by atoms with Gasteiger partial charge in [0.15, 0.2) is 11.5 Å². The molecule has 0 aromatic heterocycles. The molecule has 0 radical (unpaired) electrons. The van der Waals surface area contributed by atoms with Crippen molar-refractivity contribution in [1.82, 2.24) is 9.80 Å². The predicted molar refractivity (Wildman–Crippen MR) is 112 cm³/mol. The van der Waals surface area contributed by atoms with Gasteiger partial charge in [0.2, 0.25) is 0 Å². The van der Waals surface area contributed by atoms with E-state index in [9.17, 15) is 18.0 Å². The first kappa shape index (κ1) is 22.0. The minimum atomic E-state index is -4.56. The highest BCUT2D eigenvalue weighted by atomic mass is 79.9. The molecule has 1 saturated heterocycles. The molecule has 0 bridgehead atoms. The zero-order chi connectivity index (χ0) is 22.0. The molecule has 2 heterocycles. The molecule has 31 heavy (non-hydrogen) atoms. The second kappa shape index (κ2) is 9.08. The number of amides is 1. The van der Waals surface area contributed by atoms with Crippen molar-refractivity contribution in [1.29, 1.82) is 0 Å². The van der Waals surface area contributed by atoms with E-state index in [-0.39, 0.29) is 5.56 Å². The van der Waals surface area contributed by atoms with E-state index in [0.29, 0.717) is 57.3 Å². The predicted octanol–water partition coefficient (Wildman–Crippen LogP) is 4.59. The molecular formula is C22H22BrF3N2O3. The molecule has 0 spiro atoms. The third kappa shape index (κ3) is 4.98. The van der Waals surface area contributed by atoms with Gasteiger partial charge >= 0.3 is 6.18 Å². The molecule has 4 rings (SSSR count). The Bertz CT molecular complexity index is 968. The van der Waals surface area contributed by atoms with Crippen molar-refractivity contribution < 1.29 is 27.4 Å². The Hall–Kier alpha value is -2.26. The third-order valence-corrected chi connectivity index (χ3v) is 6.18. The lowest BCUT2D eigenvalue weighted by molar-refractivity contribution is -0.138. The van der Waals surface area contributed by atoms with Crippen LogP contribution in [-0.4, -0.2) is 55.1 Å². The third-order valence-electron chi connectivity index (χ3n) is 5.44. The van der Waals surface area contributed by atoms with E-state index in [1.54, 1.807) is 0 Å². The fraction of sp³-hybridized carbons (Fsp3) is 0.409. The Morgan fingerprint density at radius 2 is 1.71 bits per heavy atom. The number of fused-ring (bicyclic) bond motifs is 1. The molecule has 9 heteroatoms. The number of rotatable bonds is 3. The average Bonchev–Trinajstić information content (AvgIpc) is 2.99. The first-order valence-corrected chi connectivity index (χ1v) is 10.9. The van der Waals surface area contributed by atoms with E-state index in [4.69, 9.17) is 9.47 Å². The smallest absolute Gasteiger partial charge is 0.417 e. The van der Waals surface area contributed by atoms with E-state index in [1.165, 1.54) is 23.1 Å². The van der Waals surface area contributed by atoms with Crippen LogP contribution in [0.25, 0.3) is 0 Å². The van der Waals surface area contributed by atoms with Gasteiger partial charge in [0.25, 0.3) is 5.91 Å². The lowest BCUT2D eigenvalue weighted by atomic mass is 10.1. The monoisotopic (exact) mass is 498 g/mol. The fourth-order valence-electron chi connectivity index (χ4n) is 3.89. The topological polar surface area (TPSA) is 42.0 Å². The molecular weight excluding hydrogens is 477 g/mol. The van der Waals surface area contributed by atoms with Crippen molar-refractivity contribution in [3.05, 3.63) is 57.6 Å². The van der Waals surface area contributed by atoms with Crippen molar-refractivity contribution in [2.75, 3.05) is 39.4 Å². The number of benzene rings is 2.